The van der Waals surface area contributed by atoms with Gasteiger partial charge in [0.2, 0.25) is 0 Å². The molecular weight excluding hydrogens is 110 g/mol. The molecule has 2 aliphatic rings. The summed E-state index contributed by atoms with van der Waals surface area (Å²) in [5, 5.41) is 3.57. The average molecular weight is 124 g/mol. The van der Waals surface area contributed by atoms with Crippen LogP contribution < -0.4 is 5.32 Å². The molecule has 0 amide bonds. The summed E-state index contributed by atoms with van der Waals surface area (Å²) in [6.45, 7) is 0. The Hall–Kier alpha value is -0.0400. The number of piperidine rings is 2. The van der Waals surface area contributed by atoms with Gasteiger partial charge in [-0.1, -0.05) is 0 Å². The lowest BCUT2D eigenvalue weighted by Gasteiger charge is -2.35. The molecular formula is C8H14N. The number of rotatable bonds is 0. The third-order valence-corrected chi connectivity index (χ3v) is 2.47. The molecule has 0 unspecified atom stereocenters. The molecule has 2 fully saturated rings. The fraction of sp³-hybridized carbons (Fsp3) is 0.875. The van der Waals surface area contributed by atoms with Crippen LogP contribution in [0.5, 0.6) is 0 Å². The van der Waals surface area contributed by atoms with Crippen LogP contribution in [0.25, 0.3) is 0 Å². The van der Waals surface area contributed by atoms with E-state index < -0.39 is 0 Å². The van der Waals surface area contributed by atoms with Crippen molar-refractivity contribution in [1.82, 2.24) is 5.32 Å². The zero-order valence-electron chi connectivity index (χ0n) is 5.82. The second-order valence-corrected chi connectivity index (χ2v) is 3.23. The highest BCUT2D eigenvalue weighted by atomic mass is 15.0. The number of hydrogen-bond donors (Lipinski definition) is 1. The van der Waals surface area contributed by atoms with E-state index >= 15 is 0 Å². The molecule has 2 bridgehead atoms. The largest absolute Gasteiger partial charge is 0.307 e. The number of nitrogens with one attached hydrogen (secondary N) is 1. The minimum absolute atomic E-state index is 0.863. The summed E-state index contributed by atoms with van der Waals surface area (Å²) in [5.74, 6) is 0. The van der Waals surface area contributed by atoms with E-state index in [9.17, 15) is 0 Å². The molecule has 0 spiro atoms. The summed E-state index contributed by atoms with van der Waals surface area (Å²) in [4.78, 5) is 0. The van der Waals surface area contributed by atoms with Crippen molar-refractivity contribution in [2.24, 2.45) is 0 Å². The standard InChI is InChI=1S/C8H14N/c1-3-7-5-2-6-8(4-1)9-7/h7,9H,1-6H2. The minimum atomic E-state index is 0.863. The van der Waals surface area contributed by atoms with Gasteiger partial charge in [-0.15, -0.1) is 0 Å². The summed E-state index contributed by atoms with van der Waals surface area (Å²) in [6, 6.07) is 2.50. The van der Waals surface area contributed by atoms with Crippen molar-refractivity contribution in [3.05, 3.63) is 6.04 Å². The van der Waals surface area contributed by atoms with E-state index in [1.807, 2.05) is 0 Å². The Balaban J connectivity index is 1.96. The molecule has 1 radical (unpaired) electrons. The second-order valence-electron chi connectivity index (χ2n) is 3.23. The zero-order valence-corrected chi connectivity index (χ0v) is 5.82. The molecule has 2 aliphatic heterocycles. The molecule has 1 N–H and O–H groups in total. The summed E-state index contributed by atoms with van der Waals surface area (Å²) >= 11 is 0. The quantitative estimate of drug-likeness (QED) is 0.519. The molecule has 0 aromatic heterocycles. The summed E-state index contributed by atoms with van der Waals surface area (Å²) < 4.78 is 0. The summed E-state index contributed by atoms with van der Waals surface area (Å²) in [6.07, 6.45) is 8.43. The van der Waals surface area contributed by atoms with Crippen LogP contribution in [-0.2, 0) is 0 Å². The van der Waals surface area contributed by atoms with E-state index in [2.05, 4.69) is 5.32 Å². The molecule has 0 saturated carbocycles. The third kappa shape index (κ3) is 1.11. The molecule has 0 aliphatic carbocycles. The van der Waals surface area contributed by atoms with Crippen LogP contribution in [0.15, 0.2) is 0 Å². The molecule has 0 atom stereocenters. The van der Waals surface area contributed by atoms with Crippen LogP contribution in [0.4, 0.5) is 0 Å². The highest BCUT2D eigenvalue weighted by molar-refractivity contribution is 4.97. The van der Waals surface area contributed by atoms with Crippen LogP contribution in [-0.4, -0.2) is 6.04 Å². The SMILES string of the molecule is C1C[C]2CCCC(C1)N2. The number of fused-ring (bicyclic) bond motifs is 2. The van der Waals surface area contributed by atoms with E-state index in [1.54, 1.807) is 6.04 Å². The van der Waals surface area contributed by atoms with Gasteiger partial charge in [0, 0.05) is 12.1 Å². The molecule has 2 rings (SSSR count). The van der Waals surface area contributed by atoms with Crippen molar-refractivity contribution in [1.29, 1.82) is 0 Å². The lowest BCUT2D eigenvalue weighted by molar-refractivity contribution is 0.313. The Morgan fingerprint density at radius 3 is 2.22 bits per heavy atom. The molecule has 0 aromatic carbocycles. The predicted molar refractivity (Wildman–Crippen MR) is 37.9 cm³/mol. The molecule has 0 aromatic rings. The Morgan fingerprint density at radius 1 is 1.11 bits per heavy atom. The van der Waals surface area contributed by atoms with E-state index in [1.165, 1.54) is 38.5 Å². The van der Waals surface area contributed by atoms with Gasteiger partial charge in [-0.2, -0.15) is 0 Å². The fourth-order valence-corrected chi connectivity index (χ4v) is 1.97. The molecule has 2 heterocycles. The molecule has 51 valence electrons. The maximum atomic E-state index is 3.57. The van der Waals surface area contributed by atoms with Crippen molar-refractivity contribution in [3.63, 3.8) is 0 Å². The molecule has 1 heteroatoms. The van der Waals surface area contributed by atoms with Gasteiger partial charge in [-0.05, 0) is 38.5 Å². The second kappa shape index (κ2) is 2.30. The Labute approximate surface area is 56.8 Å². The van der Waals surface area contributed by atoms with Crippen molar-refractivity contribution < 1.29 is 0 Å². The van der Waals surface area contributed by atoms with Crippen molar-refractivity contribution in [3.8, 4) is 0 Å². The lowest BCUT2D eigenvalue weighted by Crippen LogP contribution is -2.40. The first-order valence-electron chi connectivity index (χ1n) is 4.06. The van der Waals surface area contributed by atoms with Gasteiger partial charge in [-0.3, -0.25) is 0 Å². The van der Waals surface area contributed by atoms with E-state index in [-0.39, 0.29) is 0 Å². The van der Waals surface area contributed by atoms with Crippen molar-refractivity contribution in [2.45, 2.75) is 44.6 Å². The van der Waals surface area contributed by atoms with Crippen LogP contribution >= 0.6 is 0 Å². The van der Waals surface area contributed by atoms with E-state index in [0.717, 1.165) is 6.04 Å². The first-order chi connectivity index (χ1) is 4.45. The molecule has 9 heavy (non-hydrogen) atoms. The summed E-state index contributed by atoms with van der Waals surface area (Å²) in [5.41, 5.74) is 0. The van der Waals surface area contributed by atoms with Crippen LogP contribution in [0, 0.1) is 6.04 Å². The minimum Gasteiger partial charge on any atom is -0.307 e. The topological polar surface area (TPSA) is 12.0 Å². The predicted octanol–water partition coefficient (Wildman–Crippen LogP) is 1.84. The van der Waals surface area contributed by atoms with E-state index in [0.29, 0.717) is 0 Å². The number of hydrogen-bond acceptors (Lipinski definition) is 1. The van der Waals surface area contributed by atoms with Gasteiger partial charge in [0.25, 0.3) is 0 Å². The van der Waals surface area contributed by atoms with Crippen LogP contribution in [0.1, 0.15) is 38.5 Å². The normalized spacial score (nSPS) is 30.7. The highest BCUT2D eigenvalue weighted by Crippen LogP contribution is 2.29. The smallest absolute Gasteiger partial charge is 0.0366 e. The monoisotopic (exact) mass is 124 g/mol. The summed E-state index contributed by atoms with van der Waals surface area (Å²) in [7, 11) is 0. The van der Waals surface area contributed by atoms with E-state index in [4.69, 9.17) is 0 Å². The molecule has 2 saturated heterocycles. The highest BCUT2D eigenvalue weighted by Gasteiger charge is 2.24. The fourth-order valence-electron chi connectivity index (χ4n) is 1.97. The van der Waals surface area contributed by atoms with Gasteiger partial charge >= 0.3 is 0 Å². The zero-order chi connectivity index (χ0) is 6.10. The van der Waals surface area contributed by atoms with Gasteiger partial charge in [0.15, 0.2) is 0 Å². The first kappa shape index (κ1) is 5.72. The van der Waals surface area contributed by atoms with Crippen molar-refractivity contribution >= 4 is 0 Å². The van der Waals surface area contributed by atoms with Crippen molar-refractivity contribution in [2.75, 3.05) is 0 Å². The average Bonchev–Trinajstić information content (AvgIpc) is 1.88. The Bertz CT molecular complexity index is 80.7. The van der Waals surface area contributed by atoms with Gasteiger partial charge in [0.1, 0.15) is 0 Å². The maximum absolute atomic E-state index is 3.57. The van der Waals surface area contributed by atoms with Gasteiger partial charge in [0.05, 0.1) is 0 Å². The molecule has 1 nitrogen and oxygen atoms in total. The van der Waals surface area contributed by atoms with Crippen LogP contribution in [0.3, 0.4) is 0 Å². The van der Waals surface area contributed by atoms with Gasteiger partial charge in [-0.25, -0.2) is 0 Å². The lowest BCUT2D eigenvalue weighted by atomic mass is 9.87. The van der Waals surface area contributed by atoms with Gasteiger partial charge < -0.3 is 5.32 Å². The first-order valence-corrected chi connectivity index (χ1v) is 4.06. The third-order valence-electron chi connectivity index (χ3n) is 2.47. The Kier molecular flexibility index (Phi) is 1.46. The van der Waals surface area contributed by atoms with Crippen LogP contribution in [0.2, 0.25) is 0 Å². The Morgan fingerprint density at radius 2 is 1.78 bits per heavy atom. The maximum Gasteiger partial charge on any atom is 0.0366 e.